The Balaban J connectivity index is 1.25. The average molecular weight is 467 g/mol. The lowest BCUT2D eigenvalue weighted by molar-refractivity contribution is -0.159. The first-order valence-electron chi connectivity index (χ1n) is 11.6. The molecule has 4 amide bonds. The standard InChI is InChI=1S/C21H34N6O6/c1-17(25-13-20(30)27(21(31)14-25)16-23-4-8-33-9-5-23)10-24-11-18(28)26(19(29)12-24)15-22-2-6-32-7-3-22/h17H,2-16H2,1H3. The Kier molecular flexibility index (Phi) is 8.04. The van der Waals surface area contributed by atoms with Crippen LogP contribution >= 0.6 is 0 Å². The van der Waals surface area contributed by atoms with Gasteiger partial charge in [0.15, 0.2) is 0 Å². The molecule has 0 spiro atoms. The summed E-state index contributed by atoms with van der Waals surface area (Å²) in [6.45, 7) is 8.82. The van der Waals surface area contributed by atoms with Gasteiger partial charge in [0.05, 0.1) is 65.9 Å². The predicted molar refractivity (Wildman–Crippen MR) is 116 cm³/mol. The molecule has 1 atom stereocenters. The first-order chi connectivity index (χ1) is 15.9. The molecule has 4 saturated heterocycles. The smallest absolute Gasteiger partial charge is 0.244 e. The Morgan fingerprint density at radius 2 is 1.03 bits per heavy atom. The summed E-state index contributed by atoms with van der Waals surface area (Å²) in [4.78, 5) is 61.0. The molecule has 0 aliphatic carbocycles. The maximum atomic E-state index is 12.7. The highest BCUT2D eigenvalue weighted by Gasteiger charge is 2.37. The lowest BCUT2D eigenvalue weighted by Crippen LogP contribution is -2.62. The van der Waals surface area contributed by atoms with Crippen LogP contribution in [0.25, 0.3) is 0 Å². The summed E-state index contributed by atoms with van der Waals surface area (Å²) in [7, 11) is 0. The minimum absolute atomic E-state index is 0.144. The summed E-state index contributed by atoms with van der Waals surface area (Å²) in [5, 5.41) is 0. The molecule has 4 aliphatic rings. The van der Waals surface area contributed by atoms with E-state index in [0.717, 1.165) is 0 Å². The van der Waals surface area contributed by atoms with Gasteiger partial charge >= 0.3 is 0 Å². The molecular weight excluding hydrogens is 432 g/mol. The van der Waals surface area contributed by atoms with Crippen LogP contribution in [0.2, 0.25) is 0 Å². The number of carbonyl (C=O) groups is 4. The molecule has 33 heavy (non-hydrogen) atoms. The van der Waals surface area contributed by atoms with Gasteiger partial charge in [0.1, 0.15) is 0 Å². The fraction of sp³-hybridized carbons (Fsp3) is 0.810. The summed E-state index contributed by atoms with van der Waals surface area (Å²) >= 11 is 0. The Morgan fingerprint density at radius 3 is 1.45 bits per heavy atom. The van der Waals surface area contributed by atoms with Crippen molar-refractivity contribution in [2.24, 2.45) is 0 Å². The molecule has 4 fully saturated rings. The van der Waals surface area contributed by atoms with E-state index < -0.39 is 0 Å². The number of amides is 4. The van der Waals surface area contributed by atoms with Gasteiger partial charge in [-0.1, -0.05) is 0 Å². The zero-order valence-electron chi connectivity index (χ0n) is 19.3. The highest BCUT2D eigenvalue weighted by atomic mass is 16.5. The average Bonchev–Trinajstić information content (AvgIpc) is 2.80. The van der Waals surface area contributed by atoms with Gasteiger partial charge in [-0.3, -0.25) is 48.6 Å². The van der Waals surface area contributed by atoms with Crippen LogP contribution < -0.4 is 0 Å². The van der Waals surface area contributed by atoms with Crippen LogP contribution in [0.5, 0.6) is 0 Å². The van der Waals surface area contributed by atoms with Crippen LogP contribution in [0.4, 0.5) is 0 Å². The first kappa shape index (κ1) is 24.2. The summed E-state index contributed by atoms with van der Waals surface area (Å²) in [6.07, 6.45) is 0. The van der Waals surface area contributed by atoms with E-state index in [0.29, 0.717) is 72.5 Å². The van der Waals surface area contributed by atoms with Gasteiger partial charge in [0.2, 0.25) is 23.6 Å². The topological polar surface area (TPSA) is 106 Å². The second-order valence-corrected chi connectivity index (χ2v) is 9.10. The van der Waals surface area contributed by atoms with E-state index in [9.17, 15) is 19.2 Å². The van der Waals surface area contributed by atoms with E-state index in [4.69, 9.17) is 9.47 Å². The molecule has 12 heteroatoms. The van der Waals surface area contributed by atoms with Crippen molar-refractivity contribution in [1.82, 2.24) is 29.4 Å². The van der Waals surface area contributed by atoms with Crippen molar-refractivity contribution in [3.63, 3.8) is 0 Å². The summed E-state index contributed by atoms with van der Waals surface area (Å²) in [5.74, 6) is -0.862. The third kappa shape index (κ3) is 6.14. The number of imide groups is 2. The molecule has 0 radical (unpaired) electrons. The van der Waals surface area contributed by atoms with Gasteiger partial charge in [-0.2, -0.15) is 0 Å². The van der Waals surface area contributed by atoms with Gasteiger partial charge in [0.25, 0.3) is 0 Å². The molecule has 0 aromatic rings. The normalized spacial score (nSPS) is 26.3. The molecule has 0 saturated carbocycles. The zero-order valence-corrected chi connectivity index (χ0v) is 19.3. The number of piperazine rings is 2. The summed E-state index contributed by atoms with van der Waals surface area (Å²) < 4.78 is 10.6. The van der Waals surface area contributed by atoms with Crippen molar-refractivity contribution in [3.8, 4) is 0 Å². The Labute approximate surface area is 193 Å². The lowest BCUT2D eigenvalue weighted by Gasteiger charge is -2.41. The van der Waals surface area contributed by atoms with Crippen molar-refractivity contribution in [2.45, 2.75) is 13.0 Å². The van der Waals surface area contributed by atoms with Gasteiger partial charge in [-0.15, -0.1) is 0 Å². The molecule has 4 rings (SSSR count). The molecule has 1 unspecified atom stereocenters. The number of ether oxygens (including phenoxy) is 2. The Hall–Kier alpha value is -1.96. The second kappa shape index (κ2) is 11.0. The molecule has 0 aromatic carbocycles. The van der Waals surface area contributed by atoms with Crippen LogP contribution in [-0.4, -0.2) is 158 Å². The van der Waals surface area contributed by atoms with E-state index in [1.807, 2.05) is 21.6 Å². The monoisotopic (exact) mass is 466 g/mol. The summed E-state index contributed by atoms with van der Waals surface area (Å²) in [5.41, 5.74) is 0. The van der Waals surface area contributed by atoms with Crippen LogP contribution in [0.3, 0.4) is 0 Å². The molecule has 0 N–H and O–H groups in total. The third-order valence-electron chi connectivity index (χ3n) is 6.63. The first-order valence-corrected chi connectivity index (χ1v) is 11.6. The summed E-state index contributed by atoms with van der Waals surface area (Å²) in [6, 6.07) is -0.144. The van der Waals surface area contributed by atoms with E-state index in [1.54, 1.807) is 4.90 Å². The van der Waals surface area contributed by atoms with Crippen LogP contribution in [-0.2, 0) is 28.7 Å². The lowest BCUT2D eigenvalue weighted by atomic mass is 10.2. The Morgan fingerprint density at radius 1 is 0.636 bits per heavy atom. The van der Waals surface area contributed by atoms with E-state index in [2.05, 4.69) is 0 Å². The van der Waals surface area contributed by atoms with Crippen molar-refractivity contribution in [2.75, 3.05) is 98.7 Å². The highest BCUT2D eigenvalue weighted by molar-refractivity contribution is 6.00. The number of nitrogens with zero attached hydrogens (tertiary/aromatic N) is 6. The van der Waals surface area contributed by atoms with E-state index in [1.165, 1.54) is 9.80 Å². The van der Waals surface area contributed by atoms with Crippen molar-refractivity contribution >= 4 is 23.6 Å². The fourth-order valence-corrected chi connectivity index (χ4v) is 4.59. The molecule has 0 aromatic heterocycles. The van der Waals surface area contributed by atoms with Crippen molar-refractivity contribution < 1.29 is 28.7 Å². The van der Waals surface area contributed by atoms with E-state index >= 15 is 0 Å². The number of carbonyl (C=O) groups excluding carboxylic acids is 4. The van der Waals surface area contributed by atoms with Gasteiger partial charge in [-0.05, 0) is 6.92 Å². The van der Waals surface area contributed by atoms with Crippen LogP contribution in [0.15, 0.2) is 0 Å². The molecular formula is C21H34N6O6. The number of hydrogen-bond acceptors (Lipinski definition) is 10. The number of morpholine rings is 2. The van der Waals surface area contributed by atoms with Crippen LogP contribution in [0, 0.1) is 0 Å². The molecule has 12 nitrogen and oxygen atoms in total. The van der Waals surface area contributed by atoms with Gasteiger partial charge < -0.3 is 9.47 Å². The van der Waals surface area contributed by atoms with Crippen molar-refractivity contribution in [1.29, 1.82) is 0 Å². The highest BCUT2D eigenvalue weighted by Crippen LogP contribution is 2.14. The Bertz CT molecular complexity index is 718. The molecule has 184 valence electrons. The zero-order chi connectivity index (χ0) is 23.4. The second-order valence-electron chi connectivity index (χ2n) is 9.10. The van der Waals surface area contributed by atoms with Crippen molar-refractivity contribution in [3.05, 3.63) is 0 Å². The largest absolute Gasteiger partial charge is 0.379 e. The van der Waals surface area contributed by atoms with Gasteiger partial charge in [0, 0.05) is 38.8 Å². The maximum Gasteiger partial charge on any atom is 0.244 e. The van der Waals surface area contributed by atoms with Gasteiger partial charge in [-0.25, -0.2) is 0 Å². The SMILES string of the molecule is CC(CN1CC(=O)N(CN2CCOCC2)C(=O)C1)N1CC(=O)N(CN2CCOCC2)C(=O)C1. The number of hydrogen-bond donors (Lipinski definition) is 0. The fourth-order valence-electron chi connectivity index (χ4n) is 4.59. The van der Waals surface area contributed by atoms with E-state index in [-0.39, 0.29) is 55.8 Å². The molecule has 4 aliphatic heterocycles. The minimum Gasteiger partial charge on any atom is -0.379 e. The molecule has 0 bridgehead atoms. The quantitative estimate of drug-likeness (QED) is 0.368. The third-order valence-corrected chi connectivity index (χ3v) is 6.63. The predicted octanol–water partition coefficient (Wildman–Crippen LogP) is -2.70. The number of rotatable bonds is 7. The minimum atomic E-state index is -0.216. The van der Waals surface area contributed by atoms with Crippen LogP contribution in [0.1, 0.15) is 6.92 Å². The maximum absolute atomic E-state index is 12.7. The molecule has 4 heterocycles.